The lowest BCUT2D eigenvalue weighted by Crippen LogP contribution is -2.40. The molecule has 1 aliphatic heterocycles. The van der Waals surface area contributed by atoms with Crippen molar-refractivity contribution in [3.63, 3.8) is 0 Å². The lowest BCUT2D eigenvalue weighted by Gasteiger charge is -2.32. The van der Waals surface area contributed by atoms with E-state index in [1.165, 1.54) is 0 Å². The van der Waals surface area contributed by atoms with Crippen LogP contribution in [0.15, 0.2) is 12.1 Å². The Labute approximate surface area is 149 Å². The van der Waals surface area contributed by atoms with Gasteiger partial charge >= 0.3 is 12.1 Å². The molecule has 1 amide bonds. The van der Waals surface area contributed by atoms with Gasteiger partial charge in [0, 0.05) is 25.0 Å². The Bertz CT molecular complexity index is 733. The quantitative estimate of drug-likeness (QED) is 0.812. The average molecular weight is 370 g/mol. The van der Waals surface area contributed by atoms with Crippen LogP contribution in [-0.2, 0) is 28.7 Å². The summed E-state index contributed by atoms with van der Waals surface area (Å²) in [6.07, 6.45) is -2.16. The molecule has 0 saturated heterocycles. The van der Waals surface area contributed by atoms with Crippen LogP contribution in [0.3, 0.4) is 0 Å². The monoisotopic (exact) mass is 370 g/mol. The van der Waals surface area contributed by atoms with Gasteiger partial charge in [0.1, 0.15) is 0 Å². The van der Waals surface area contributed by atoms with Gasteiger partial charge in [-0.2, -0.15) is 13.2 Å². The highest BCUT2D eigenvalue weighted by Gasteiger charge is 2.36. The number of carbonyl (C=O) groups is 2. The van der Waals surface area contributed by atoms with Crippen LogP contribution in [0.25, 0.3) is 0 Å². The van der Waals surface area contributed by atoms with E-state index in [1.807, 2.05) is 0 Å². The molecule has 1 aromatic rings. The van der Waals surface area contributed by atoms with Gasteiger partial charge in [-0.25, -0.2) is 4.79 Å². The minimum Gasteiger partial charge on any atom is -0.465 e. The molecule has 8 heteroatoms. The Hall–Kier alpha value is -2.09. The molecule has 0 bridgehead atoms. The number of carbonyl (C=O) groups excluding carboxylic acids is 2. The van der Waals surface area contributed by atoms with Crippen LogP contribution in [0.5, 0.6) is 0 Å². The van der Waals surface area contributed by atoms with E-state index in [0.717, 1.165) is 25.7 Å². The number of amides is 1. The van der Waals surface area contributed by atoms with Crippen molar-refractivity contribution < 1.29 is 27.5 Å². The Kier molecular flexibility index (Phi) is 4.96. The summed E-state index contributed by atoms with van der Waals surface area (Å²) >= 11 is 0. The summed E-state index contributed by atoms with van der Waals surface area (Å²) in [5.41, 5.74) is 5.75. The van der Waals surface area contributed by atoms with Crippen LogP contribution < -0.4 is 5.73 Å². The summed E-state index contributed by atoms with van der Waals surface area (Å²) in [6, 6.07) is 1.86. The number of halogens is 3. The number of benzene rings is 1. The molecule has 0 spiro atoms. The number of ether oxygens (including phenoxy) is 1. The number of fused-ring (bicyclic) bond motifs is 1. The number of hydrogen-bond acceptors (Lipinski definition) is 4. The minimum absolute atomic E-state index is 0.00351. The summed E-state index contributed by atoms with van der Waals surface area (Å²) in [6.45, 7) is 0.431. The first-order chi connectivity index (χ1) is 12.2. The zero-order valence-electron chi connectivity index (χ0n) is 14.4. The molecule has 1 fully saturated rings. The van der Waals surface area contributed by atoms with Crippen molar-refractivity contribution in [3.05, 3.63) is 34.4 Å². The van der Waals surface area contributed by atoms with Gasteiger partial charge in [-0.1, -0.05) is 0 Å². The van der Waals surface area contributed by atoms with Crippen LogP contribution >= 0.6 is 0 Å². The van der Waals surface area contributed by atoms with E-state index in [4.69, 9.17) is 5.73 Å². The SMILES string of the molecule is COC(=O)c1cc(C(F)(F)F)cc2c1CCN(C(=O)C1CCC(N)C1)C2. The molecule has 2 N–H and O–H groups in total. The second-order valence-corrected chi connectivity index (χ2v) is 6.93. The summed E-state index contributed by atoms with van der Waals surface area (Å²) in [4.78, 5) is 26.2. The molecule has 2 unspecified atom stereocenters. The Balaban J connectivity index is 1.91. The number of nitrogens with zero attached hydrogens (tertiary/aromatic N) is 1. The van der Waals surface area contributed by atoms with Gasteiger partial charge in [0.05, 0.1) is 18.2 Å². The number of methoxy groups -OCH3 is 1. The third-order valence-electron chi connectivity index (χ3n) is 5.20. The molecule has 142 valence electrons. The molecule has 1 aromatic carbocycles. The van der Waals surface area contributed by atoms with Gasteiger partial charge in [-0.15, -0.1) is 0 Å². The van der Waals surface area contributed by atoms with E-state index in [2.05, 4.69) is 4.74 Å². The average Bonchev–Trinajstić information content (AvgIpc) is 3.04. The molecule has 2 aliphatic rings. The van der Waals surface area contributed by atoms with Crippen LogP contribution in [0.2, 0.25) is 0 Å². The van der Waals surface area contributed by atoms with E-state index in [9.17, 15) is 22.8 Å². The largest absolute Gasteiger partial charge is 0.465 e. The number of rotatable bonds is 2. The second kappa shape index (κ2) is 6.90. The van der Waals surface area contributed by atoms with Crippen molar-refractivity contribution >= 4 is 11.9 Å². The maximum absolute atomic E-state index is 13.2. The minimum atomic E-state index is -4.58. The Morgan fingerprint density at radius 1 is 1.27 bits per heavy atom. The van der Waals surface area contributed by atoms with Crippen molar-refractivity contribution in [2.75, 3.05) is 13.7 Å². The summed E-state index contributed by atoms with van der Waals surface area (Å²) < 4.78 is 44.2. The number of nitrogens with two attached hydrogens (primary N) is 1. The smallest absolute Gasteiger partial charge is 0.416 e. The third kappa shape index (κ3) is 3.56. The Morgan fingerprint density at radius 2 is 2.00 bits per heavy atom. The van der Waals surface area contributed by atoms with Crippen LogP contribution in [0, 0.1) is 5.92 Å². The molecule has 26 heavy (non-hydrogen) atoms. The normalized spacial score (nSPS) is 22.9. The van der Waals surface area contributed by atoms with E-state index >= 15 is 0 Å². The zero-order valence-corrected chi connectivity index (χ0v) is 14.4. The first-order valence-corrected chi connectivity index (χ1v) is 8.56. The fraction of sp³-hybridized carbons (Fsp3) is 0.556. The van der Waals surface area contributed by atoms with Crippen molar-refractivity contribution in [2.45, 2.75) is 44.4 Å². The van der Waals surface area contributed by atoms with E-state index in [0.29, 0.717) is 36.9 Å². The fourth-order valence-electron chi connectivity index (χ4n) is 3.84. The maximum atomic E-state index is 13.2. The van der Waals surface area contributed by atoms with Gasteiger partial charge in [0.15, 0.2) is 0 Å². The molecule has 1 saturated carbocycles. The summed E-state index contributed by atoms with van der Waals surface area (Å²) in [5.74, 6) is -1.04. The predicted octanol–water partition coefficient (Wildman–Crippen LogP) is 2.50. The molecule has 3 rings (SSSR count). The number of esters is 1. The van der Waals surface area contributed by atoms with Crippen molar-refractivity contribution in [1.82, 2.24) is 4.90 Å². The van der Waals surface area contributed by atoms with E-state index in [-0.39, 0.29) is 30.0 Å². The molecule has 1 aliphatic carbocycles. The van der Waals surface area contributed by atoms with Crippen LogP contribution in [0.1, 0.15) is 46.3 Å². The highest BCUT2D eigenvalue weighted by molar-refractivity contribution is 5.92. The van der Waals surface area contributed by atoms with Gasteiger partial charge in [0.2, 0.25) is 5.91 Å². The Morgan fingerprint density at radius 3 is 2.58 bits per heavy atom. The van der Waals surface area contributed by atoms with E-state index in [1.54, 1.807) is 4.90 Å². The molecule has 5 nitrogen and oxygen atoms in total. The summed E-state index contributed by atoms with van der Waals surface area (Å²) in [5, 5.41) is 0. The third-order valence-corrected chi connectivity index (χ3v) is 5.20. The highest BCUT2D eigenvalue weighted by atomic mass is 19.4. The van der Waals surface area contributed by atoms with Crippen molar-refractivity contribution in [3.8, 4) is 0 Å². The van der Waals surface area contributed by atoms with Crippen molar-refractivity contribution in [2.24, 2.45) is 11.7 Å². The molecular weight excluding hydrogens is 349 g/mol. The van der Waals surface area contributed by atoms with Gasteiger partial charge in [-0.05, 0) is 48.9 Å². The molecule has 2 atom stereocenters. The maximum Gasteiger partial charge on any atom is 0.416 e. The van der Waals surface area contributed by atoms with E-state index < -0.39 is 17.7 Å². The standard InChI is InChI=1S/C18H21F3N2O3/c1-26-17(25)15-8-12(18(19,20)21)6-11-9-23(5-4-14(11)15)16(24)10-2-3-13(22)7-10/h6,8,10,13H,2-5,7,9,22H2,1H3. The first-order valence-electron chi connectivity index (χ1n) is 8.56. The number of alkyl halides is 3. The second-order valence-electron chi connectivity index (χ2n) is 6.93. The molecular formula is C18H21F3N2O3. The van der Waals surface area contributed by atoms with Gasteiger partial charge < -0.3 is 15.4 Å². The summed E-state index contributed by atoms with van der Waals surface area (Å²) in [7, 11) is 1.14. The number of hydrogen-bond donors (Lipinski definition) is 1. The van der Waals surface area contributed by atoms with Crippen molar-refractivity contribution in [1.29, 1.82) is 0 Å². The zero-order chi connectivity index (χ0) is 19.1. The molecule has 0 aromatic heterocycles. The topological polar surface area (TPSA) is 72.6 Å². The van der Waals surface area contributed by atoms with Gasteiger partial charge in [0.25, 0.3) is 0 Å². The first kappa shape index (κ1) is 18.7. The van der Waals surface area contributed by atoms with Crippen LogP contribution in [0.4, 0.5) is 13.2 Å². The van der Waals surface area contributed by atoms with Gasteiger partial charge in [-0.3, -0.25) is 4.79 Å². The lowest BCUT2D eigenvalue weighted by molar-refractivity contribution is -0.137. The molecule has 1 heterocycles. The van der Waals surface area contributed by atoms with Crippen LogP contribution in [-0.4, -0.2) is 36.5 Å². The highest BCUT2D eigenvalue weighted by Crippen LogP contribution is 2.35. The predicted molar refractivity (Wildman–Crippen MR) is 87.2 cm³/mol. The molecule has 0 radical (unpaired) electrons. The lowest BCUT2D eigenvalue weighted by atomic mass is 9.91. The fourth-order valence-corrected chi connectivity index (χ4v) is 3.84.